The highest BCUT2D eigenvalue weighted by Crippen LogP contribution is 2.23. The third-order valence-corrected chi connectivity index (χ3v) is 3.25. The van der Waals surface area contributed by atoms with Crippen LogP contribution in [0.15, 0.2) is 42.5 Å². The minimum absolute atomic E-state index is 0.0640. The molecule has 0 aliphatic carbocycles. The van der Waals surface area contributed by atoms with E-state index in [9.17, 15) is 14.9 Å². The minimum atomic E-state index is -0.492. The smallest absolute Gasteiger partial charge is 0.271 e. The number of ether oxygens (including phenoxy) is 1. The van der Waals surface area contributed by atoms with E-state index in [4.69, 9.17) is 4.74 Å². The second-order valence-corrected chi connectivity index (χ2v) is 5.09. The Bertz CT molecular complexity index is 728. The molecule has 2 aromatic rings. The van der Waals surface area contributed by atoms with Gasteiger partial charge in [-0.1, -0.05) is 19.1 Å². The first kappa shape index (κ1) is 16.5. The van der Waals surface area contributed by atoms with Crippen LogP contribution in [0.1, 0.15) is 29.3 Å². The van der Waals surface area contributed by atoms with Gasteiger partial charge in [-0.05, 0) is 37.1 Å². The SMILES string of the molecule is CCCOc1cccc(C(=O)Nc2cc([N+](=O)[O-])ccc2C)c1. The summed E-state index contributed by atoms with van der Waals surface area (Å²) in [7, 11) is 0. The zero-order chi connectivity index (χ0) is 16.8. The number of nitrogens with zero attached hydrogens (tertiary/aromatic N) is 1. The van der Waals surface area contributed by atoms with Crippen molar-refractivity contribution >= 4 is 17.3 Å². The molecule has 0 radical (unpaired) electrons. The molecule has 1 N–H and O–H groups in total. The van der Waals surface area contributed by atoms with Crippen molar-refractivity contribution in [3.8, 4) is 5.75 Å². The predicted molar refractivity (Wildman–Crippen MR) is 88.0 cm³/mol. The number of carbonyl (C=O) groups excluding carboxylic acids is 1. The number of hydrogen-bond donors (Lipinski definition) is 1. The molecule has 1 amide bonds. The van der Waals surface area contributed by atoms with Gasteiger partial charge < -0.3 is 10.1 Å². The zero-order valence-corrected chi connectivity index (χ0v) is 13.0. The molecule has 0 bridgehead atoms. The van der Waals surface area contributed by atoms with Crippen LogP contribution in [0.25, 0.3) is 0 Å². The van der Waals surface area contributed by atoms with Crippen LogP contribution >= 0.6 is 0 Å². The Morgan fingerprint density at radius 3 is 2.74 bits per heavy atom. The summed E-state index contributed by atoms with van der Waals surface area (Å²) in [6.07, 6.45) is 0.878. The van der Waals surface area contributed by atoms with Gasteiger partial charge in [0.15, 0.2) is 0 Å². The fourth-order valence-corrected chi connectivity index (χ4v) is 2.00. The number of nitrogens with one attached hydrogen (secondary N) is 1. The molecule has 6 nitrogen and oxygen atoms in total. The summed E-state index contributed by atoms with van der Waals surface area (Å²) in [5.41, 5.74) is 1.54. The Morgan fingerprint density at radius 1 is 1.26 bits per heavy atom. The Balaban J connectivity index is 2.19. The zero-order valence-electron chi connectivity index (χ0n) is 13.0. The van der Waals surface area contributed by atoms with Gasteiger partial charge in [0.2, 0.25) is 0 Å². The summed E-state index contributed by atoms with van der Waals surface area (Å²) < 4.78 is 5.50. The van der Waals surface area contributed by atoms with Crippen LogP contribution < -0.4 is 10.1 Å². The van der Waals surface area contributed by atoms with Gasteiger partial charge in [-0.3, -0.25) is 14.9 Å². The average molecular weight is 314 g/mol. The topological polar surface area (TPSA) is 81.5 Å². The molecule has 0 aromatic heterocycles. The minimum Gasteiger partial charge on any atom is -0.494 e. The Morgan fingerprint density at radius 2 is 2.04 bits per heavy atom. The van der Waals surface area contributed by atoms with E-state index in [0.717, 1.165) is 12.0 Å². The third kappa shape index (κ3) is 4.29. The van der Waals surface area contributed by atoms with Crippen LogP contribution in [0, 0.1) is 17.0 Å². The molecule has 0 aliphatic rings. The van der Waals surface area contributed by atoms with E-state index >= 15 is 0 Å². The molecular weight excluding hydrogens is 296 g/mol. The van der Waals surface area contributed by atoms with Crippen molar-refractivity contribution in [1.82, 2.24) is 0 Å². The van der Waals surface area contributed by atoms with Gasteiger partial charge in [-0.25, -0.2) is 0 Å². The number of nitro benzene ring substituents is 1. The first-order valence-corrected chi connectivity index (χ1v) is 7.30. The summed E-state index contributed by atoms with van der Waals surface area (Å²) in [4.78, 5) is 22.7. The van der Waals surface area contributed by atoms with Gasteiger partial charge in [-0.15, -0.1) is 0 Å². The summed E-state index contributed by atoms with van der Waals surface area (Å²) in [6.45, 7) is 4.36. The highest BCUT2D eigenvalue weighted by molar-refractivity contribution is 6.05. The molecule has 120 valence electrons. The highest BCUT2D eigenvalue weighted by Gasteiger charge is 2.12. The predicted octanol–water partition coefficient (Wildman–Crippen LogP) is 3.94. The maximum absolute atomic E-state index is 12.3. The van der Waals surface area contributed by atoms with E-state index in [-0.39, 0.29) is 11.6 Å². The van der Waals surface area contributed by atoms with Crippen molar-refractivity contribution in [2.75, 3.05) is 11.9 Å². The fourth-order valence-electron chi connectivity index (χ4n) is 2.00. The molecule has 0 fully saturated rings. The van der Waals surface area contributed by atoms with Crippen molar-refractivity contribution in [2.24, 2.45) is 0 Å². The highest BCUT2D eigenvalue weighted by atomic mass is 16.6. The molecule has 0 aliphatic heterocycles. The summed E-state index contributed by atoms with van der Waals surface area (Å²) in [5.74, 6) is 0.283. The molecule has 23 heavy (non-hydrogen) atoms. The van der Waals surface area contributed by atoms with Gasteiger partial charge in [-0.2, -0.15) is 0 Å². The summed E-state index contributed by atoms with van der Waals surface area (Å²) in [5, 5.41) is 13.5. The van der Waals surface area contributed by atoms with E-state index in [1.165, 1.54) is 12.1 Å². The van der Waals surface area contributed by atoms with E-state index in [1.807, 2.05) is 6.92 Å². The van der Waals surface area contributed by atoms with E-state index < -0.39 is 4.92 Å². The van der Waals surface area contributed by atoms with Crippen LogP contribution in [-0.2, 0) is 0 Å². The standard InChI is InChI=1S/C17H18N2O4/c1-3-9-23-15-6-4-5-13(10-15)17(20)18-16-11-14(19(21)22)8-7-12(16)2/h4-8,10-11H,3,9H2,1-2H3,(H,18,20). The quantitative estimate of drug-likeness (QED) is 0.646. The molecule has 2 rings (SSSR count). The second-order valence-electron chi connectivity index (χ2n) is 5.09. The number of anilines is 1. The first-order chi connectivity index (χ1) is 11.0. The third-order valence-electron chi connectivity index (χ3n) is 3.25. The summed E-state index contributed by atoms with van der Waals surface area (Å²) >= 11 is 0. The Hall–Kier alpha value is -2.89. The summed E-state index contributed by atoms with van der Waals surface area (Å²) in [6, 6.07) is 11.2. The number of benzene rings is 2. The number of carbonyl (C=O) groups is 1. The average Bonchev–Trinajstić information content (AvgIpc) is 2.55. The van der Waals surface area contributed by atoms with Crippen LogP contribution in [0.5, 0.6) is 5.75 Å². The number of non-ortho nitro benzene ring substituents is 1. The lowest BCUT2D eigenvalue weighted by molar-refractivity contribution is -0.384. The maximum atomic E-state index is 12.3. The lowest BCUT2D eigenvalue weighted by Crippen LogP contribution is -2.13. The number of aryl methyl sites for hydroxylation is 1. The van der Waals surface area contributed by atoms with Crippen molar-refractivity contribution in [3.63, 3.8) is 0 Å². The van der Waals surface area contributed by atoms with Crippen molar-refractivity contribution in [1.29, 1.82) is 0 Å². The lowest BCUT2D eigenvalue weighted by Gasteiger charge is -2.10. The molecule has 2 aromatic carbocycles. The van der Waals surface area contributed by atoms with Gasteiger partial charge >= 0.3 is 0 Å². The molecule has 0 spiro atoms. The van der Waals surface area contributed by atoms with Crippen molar-refractivity contribution < 1.29 is 14.5 Å². The number of rotatable bonds is 6. The molecule has 0 unspecified atom stereocenters. The molecular formula is C17H18N2O4. The van der Waals surface area contributed by atoms with E-state index in [2.05, 4.69) is 5.32 Å². The van der Waals surface area contributed by atoms with E-state index in [0.29, 0.717) is 23.6 Å². The number of amides is 1. The first-order valence-electron chi connectivity index (χ1n) is 7.30. The van der Waals surface area contributed by atoms with Crippen molar-refractivity contribution in [2.45, 2.75) is 20.3 Å². The van der Waals surface area contributed by atoms with Crippen LogP contribution in [0.2, 0.25) is 0 Å². The second kappa shape index (κ2) is 7.40. The normalized spacial score (nSPS) is 10.2. The fraction of sp³-hybridized carbons (Fsp3) is 0.235. The van der Waals surface area contributed by atoms with Crippen molar-refractivity contribution in [3.05, 3.63) is 63.7 Å². The van der Waals surface area contributed by atoms with Gasteiger partial charge in [0.1, 0.15) is 5.75 Å². The van der Waals surface area contributed by atoms with Gasteiger partial charge in [0.05, 0.1) is 17.2 Å². The Kier molecular flexibility index (Phi) is 5.30. The van der Waals surface area contributed by atoms with Gasteiger partial charge in [0, 0.05) is 17.7 Å². The Labute approximate surface area is 134 Å². The van der Waals surface area contributed by atoms with E-state index in [1.54, 1.807) is 37.3 Å². The van der Waals surface area contributed by atoms with Crippen LogP contribution in [0.4, 0.5) is 11.4 Å². The monoisotopic (exact) mass is 314 g/mol. The van der Waals surface area contributed by atoms with Crippen LogP contribution in [0.3, 0.4) is 0 Å². The number of hydrogen-bond acceptors (Lipinski definition) is 4. The number of nitro groups is 1. The lowest BCUT2D eigenvalue weighted by atomic mass is 10.1. The van der Waals surface area contributed by atoms with Gasteiger partial charge in [0.25, 0.3) is 11.6 Å². The maximum Gasteiger partial charge on any atom is 0.271 e. The molecule has 0 saturated heterocycles. The molecule has 0 saturated carbocycles. The van der Waals surface area contributed by atoms with Crippen LogP contribution in [-0.4, -0.2) is 17.4 Å². The largest absolute Gasteiger partial charge is 0.494 e. The molecule has 0 heterocycles. The molecule has 6 heteroatoms. The molecule has 0 atom stereocenters.